The topological polar surface area (TPSA) is 106 Å². The first-order chi connectivity index (χ1) is 19.2. The van der Waals surface area contributed by atoms with E-state index in [-0.39, 0.29) is 10.0 Å². The summed E-state index contributed by atoms with van der Waals surface area (Å²) in [6.45, 7) is 0.400. The third-order valence-corrected chi connectivity index (χ3v) is 7.76. The number of sulfonamides is 1. The van der Waals surface area contributed by atoms with Gasteiger partial charge in [0, 0.05) is 22.3 Å². The number of hydrogen-bond donors (Lipinski definition) is 3. The molecule has 0 bridgehead atoms. The fourth-order valence-corrected chi connectivity index (χ4v) is 5.28. The quantitative estimate of drug-likeness (QED) is 0.183. The summed E-state index contributed by atoms with van der Waals surface area (Å²) in [4.78, 5) is 13.1. The van der Waals surface area contributed by atoms with Crippen molar-refractivity contribution in [2.75, 3.05) is 23.8 Å². The second-order valence-electron chi connectivity index (χ2n) is 8.49. The summed E-state index contributed by atoms with van der Waals surface area (Å²) in [6, 6.07) is 27.6. The molecule has 0 heterocycles. The SMILES string of the molecule is COc1ccc(NS(=O)(=O)c2ccc(NC(=S)NC(=O)c3cc(Br)ccc3OCCc3ccccc3)cc2)cc1. The van der Waals surface area contributed by atoms with Gasteiger partial charge in [-0.25, -0.2) is 8.42 Å². The number of methoxy groups -OCH3 is 1. The minimum Gasteiger partial charge on any atom is -0.497 e. The van der Waals surface area contributed by atoms with Gasteiger partial charge in [-0.2, -0.15) is 0 Å². The highest BCUT2D eigenvalue weighted by Crippen LogP contribution is 2.24. The minimum absolute atomic E-state index is 0.0483. The van der Waals surface area contributed by atoms with E-state index in [0.717, 1.165) is 5.56 Å². The second kappa shape index (κ2) is 13.4. The number of amides is 1. The van der Waals surface area contributed by atoms with E-state index in [1.165, 1.54) is 19.2 Å². The number of hydrogen-bond acceptors (Lipinski definition) is 6. The Labute approximate surface area is 246 Å². The molecule has 206 valence electrons. The largest absolute Gasteiger partial charge is 0.497 e. The van der Waals surface area contributed by atoms with Crippen molar-refractivity contribution in [1.82, 2.24) is 5.32 Å². The van der Waals surface area contributed by atoms with Crippen molar-refractivity contribution in [2.24, 2.45) is 0 Å². The molecule has 3 N–H and O–H groups in total. The molecule has 40 heavy (non-hydrogen) atoms. The van der Waals surface area contributed by atoms with Crippen LogP contribution in [0.5, 0.6) is 11.5 Å². The Morgan fingerprint density at radius 1 is 0.900 bits per heavy atom. The van der Waals surface area contributed by atoms with Crippen molar-refractivity contribution in [3.63, 3.8) is 0 Å². The number of ether oxygens (including phenoxy) is 2. The molecule has 0 atom stereocenters. The maximum absolute atomic E-state index is 13.0. The van der Waals surface area contributed by atoms with E-state index in [0.29, 0.717) is 45.9 Å². The van der Waals surface area contributed by atoms with Crippen LogP contribution in [0.25, 0.3) is 0 Å². The van der Waals surface area contributed by atoms with Gasteiger partial charge >= 0.3 is 0 Å². The lowest BCUT2D eigenvalue weighted by Crippen LogP contribution is -2.34. The van der Waals surface area contributed by atoms with E-state index >= 15 is 0 Å². The van der Waals surface area contributed by atoms with Gasteiger partial charge in [-0.15, -0.1) is 0 Å². The first-order valence-corrected chi connectivity index (χ1v) is 14.8. The van der Waals surface area contributed by atoms with Crippen molar-refractivity contribution in [3.05, 3.63) is 113 Å². The number of nitrogens with one attached hydrogen (secondary N) is 3. The van der Waals surface area contributed by atoms with Gasteiger partial charge < -0.3 is 14.8 Å². The molecule has 4 aromatic rings. The maximum atomic E-state index is 13.0. The molecule has 0 saturated carbocycles. The smallest absolute Gasteiger partial charge is 0.261 e. The lowest BCUT2D eigenvalue weighted by atomic mass is 10.1. The van der Waals surface area contributed by atoms with Crippen LogP contribution in [0.2, 0.25) is 0 Å². The third kappa shape index (κ3) is 8.04. The molecule has 8 nitrogen and oxygen atoms in total. The number of carbonyl (C=O) groups is 1. The summed E-state index contributed by atoms with van der Waals surface area (Å²) in [5.41, 5.74) is 2.36. The molecule has 0 aromatic heterocycles. The Morgan fingerprint density at radius 2 is 1.57 bits per heavy atom. The molecule has 1 amide bonds. The predicted octanol–water partition coefficient (Wildman–Crippen LogP) is 6.01. The van der Waals surface area contributed by atoms with Crippen LogP contribution in [-0.4, -0.2) is 33.2 Å². The van der Waals surface area contributed by atoms with Crippen molar-refractivity contribution >= 4 is 60.6 Å². The molecule has 0 saturated heterocycles. The first-order valence-electron chi connectivity index (χ1n) is 12.1. The number of anilines is 2. The van der Waals surface area contributed by atoms with E-state index in [9.17, 15) is 13.2 Å². The summed E-state index contributed by atoms with van der Waals surface area (Å²) in [7, 11) is -2.27. The van der Waals surface area contributed by atoms with E-state index in [4.69, 9.17) is 21.7 Å². The summed E-state index contributed by atoms with van der Waals surface area (Å²) < 4.78 is 39.7. The van der Waals surface area contributed by atoms with Gasteiger partial charge in [-0.3, -0.25) is 14.8 Å². The van der Waals surface area contributed by atoms with Crippen LogP contribution in [0.4, 0.5) is 11.4 Å². The van der Waals surface area contributed by atoms with Gasteiger partial charge in [-0.1, -0.05) is 46.3 Å². The van der Waals surface area contributed by atoms with Crippen molar-refractivity contribution in [2.45, 2.75) is 11.3 Å². The molecule has 0 radical (unpaired) electrons. The normalized spacial score (nSPS) is 10.8. The Kier molecular flexibility index (Phi) is 9.75. The molecule has 0 unspecified atom stereocenters. The van der Waals surface area contributed by atoms with E-state index in [1.54, 1.807) is 54.6 Å². The summed E-state index contributed by atoms with van der Waals surface area (Å²) in [6.07, 6.45) is 0.694. The van der Waals surface area contributed by atoms with Crippen LogP contribution in [0.1, 0.15) is 15.9 Å². The van der Waals surface area contributed by atoms with Gasteiger partial charge in [0.25, 0.3) is 15.9 Å². The molecule has 0 aliphatic heterocycles. The van der Waals surface area contributed by atoms with Crippen molar-refractivity contribution in [1.29, 1.82) is 0 Å². The molecule has 0 aliphatic carbocycles. The first kappa shape index (κ1) is 29.1. The van der Waals surface area contributed by atoms with Gasteiger partial charge in [0.05, 0.1) is 24.2 Å². The van der Waals surface area contributed by atoms with Gasteiger partial charge in [0.2, 0.25) is 0 Å². The Bertz CT molecular complexity index is 1580. The molecule has 4 aromatic carbocycles. The number of carbonyl (C=O) groups excluding carboxylic acids is 1. The summed E-state index contributed by atoms with van der Waals surface area (Å²) in [5.74, 6) is 0.600. The third-order valence-electron chi connectivity index (χ3n) is 5.67. The van der Waals surface area contributed by atoms with Crippen molar-refractivity contribution < 1.29 is 22.7 Å². The number of halogens is 1. The molecule has 11 heteroatoms. The fourth-order valence-electron chi connectivity index (χ4n) is 3.65. The van der Waals surface area contributed by atoms with Gasteiger partial charge in [0.15, 0.2) is 5.11 Å². The van der Waals surface area contributed by atoms with Gasteiger partial charge in [0.1, 0.15) is 11.5 Å². The molecular formula is C29H26BrN3O5S2. The van der Waals surface area contributed by atoms with E-state index in [1.807, 2.05) is 30.3 Å². The Hall–Kier alpha value is -3.93. The zero-order valence-electron chi connectivity index (χ0n) is 21.4. The highest BCUT2D eigenvalue weighted by Gasteiger charge is 2.17. The van der Waals surface area contributed by atoms with Crippen LogP contribution < -0.4 is 24.8 Å². The minimum atomic E-state index is -3.81. The Morgan fingerprint density at radius 3 is 2.25 bits per heavy atom. The highest BCUT2D eigenvalue weighted by molar-refractivity contribution is 9.10. The van der Waals surface area contributed by atoms with Crippen LogP contribution in [0.3, 0.4) is 0 Å². The monoisotopic (exact) mass is 639 g/mol. The molecule has 0 aliphatic rings. The second-order valence-corrected chi connectivity index (χ2v) is 11.5. The lowest BCUT2D eigenvalue weighted by molar-refractivity contribution is 0.0973. The predicted molar refractivity (Wildman–Crippen MR) is 164 cm³/mol. The zero-order chi connectivity index (χ0) is 28.5. The van der Waals surface area contributed by atoms with Crippen LogP contribution in [0, 0.1) is 0 Å². The van der Waals surface area contributed by atoms with Gasteiger partial charge in [-0.05, 0) is 84.5 Å². The maximum Gasteiger partial charge on any atom is 0.261 e. The molecular weight excluding hydrogens is 614 g/mol. The van der Waals surface area contributed by atoms with Crippen molar-refractivity contribution in [3.8, 4) is 11.5 Å². The van der Waals surface area contributed by atoms with E-state index < -0.39 is 15.9 Å². The molecule has 0 fully saturated rings. The zero-order valence-corrected chi connectivity index (χ0v) is 24.6. The Balaban J connectivity index is 1.35. The molecule has 4 rings (SSSR count). The number of rotatable bonds is 10. The number of thiocarbonyl (C=S) groups is 1. The summed E-state index contributed by atoms with van der Waals surface area (Å²) in [5, 5.41) is 5.60. The molecule has 0 spiro atoms. The lowest BCUT2D eigenvalue weighted by Gasteiger charge is -2.14. The van der Waals surface area contributed by atoms with Crippen LogP contribution in [-0.2, 0) is 16.4 Å². The van der Waals surface area contributed by atoms with E-state index in [2.05, 4.69) is 31.3 Å². The standard InChI is InChI=1S/C29H26BrN3O5S2/c1-37-24-12-8-23(9-13-24)33-40(35,36)25-14-10-22(11-15-25)31-29(39)32-28(34)26-19-21(30)7-16-27(26)38-18-17-20-5-3-2-4-6-20/h2-16,19,33H,17-18H2,1H3,(H2,31,32,34,39). The van der Waals surface area contributed by atoms with Crippen LogP contribution >= 0.6 is 28.1 Å². The average Bonchev–Trinajstić information content (AvgIpc) is 2.95. The fraction of sp³-hybridized carbons (Fsp3) is 0.103. The summed E-state index contributed by atoms with van der Waals surface area (Å²) >= 11 is 8.71. The van der Waals surface area contributed by atoms with Crippen LogP contribution in [0.15, 0.2) is 106 Å². The number of benzene rings is 4. The average molecular weight is 641 g/mol. The highest BCUT2D eigenvalue weighted by atomic mass is 79.9.